The van der Waals surface area contributed by atoms with Crippen LogP contribution in [0.25, 0.3) is 0 Å². The zero-order chi connectivity index (χ0) is 14.7. The number of hydrogen-bond donors (Lipinski definition) is 3. The quantitative estimate of drug-likeness (QED) is 0.706. The maximum Gasteiger partial charge on any atom is 0.332 e. The van der Waals surface area contributed by atoms with Crippen LogP contribution in [0.4, 0.5) is 11.5 Å². The summed E-state index contributed by atoms with van der Waals surface area (Å²) in [6.07, 6.45) is 3.95. The Bertz CT molecular complexity index is 698. The van der Waals surface area contributed by atoms with Crippen LogP contribution in [0.15, 0.2) is 22.1 Å². The highest BCUT2D eigenvalue weighted by molar-refractivity contribution is 5.60. The molecule has 0 spiro atoms. The van der Waals surface area contributed by atoms with Gasteiger partial charge in [0.2, 0.25) is 0 Å². The smallest absolute Gasteiger partial charge is 0.332 e. The molecule has 0 amide bonds. The van der Waals surface area contributed by atoms with Crippen molar-refractivity contribution in [1.82, 2.24) is 19.1 Å². The Labute approximate surface area is 115 Å². The predicted molar refractivity (Wildman–Crippen MR) is 76.6 cm³/mol. The summed E-state index contributed by atoms with van der Waals surface area (Å²) in [6.45, 7) is 2.79. The largest absolute Gasteiger partial charge is 0.383 e. The topological polar surface area (TPSA) is 111 Å². The van der Waals surface area contributed by atoms with Gasteiger partial charge in [-0.15, -0.1) is 0 Å². The second-order valence-electron chi connectivity index (χ2n) is 4.49. The Morgan fingerprint density at radius 1 is 1.45 bits per heavy atom. The molecular formula is C12H18N6O2. The standard InChI is InChI=1S/C12H18N6O2/c1-3-4-18-10(13)9(11(19)17(2)12(18)20)15-6-8-5-14-7-16-8/h5,7,15H,3-4,6,13H2,1-2H3,(H,14,16). The lowest BCUT2D eigenvalue weighted by atomic mass is 10.3. The third-order valence-electron chi connectivity index (χ3n) is 3.04. The second-order valence-corrected chi connectivity index (χ2v) is 4.49. The number of imidazole rings is 1. The first kappa shape index (κ1) is 13.9. The van der Waals surface area contributed by atoms with E-state index >= 15 is 0 Å². The Balaban J connectivity index is 2.41. The number of rotatable bonds is 5. The lowest BCUT2D eigenvalue weighted by molar-refractivity contribution is 0.600. The van der Waals surface area contributed by atoms with Gasteiger partial charge in [0.25, 0.3) is 5.56 Å². The number of nitrogen functional groups attached to an aromatic ring is 1. The molecule has 108 valence electrons. The van der Waals surface area contributed by atoms with Crippen molar-refractivity contribution in [2.24, 2.45) is 7.05 Å². The fourth-order valence-corrected chi connectivity index (χ4v) is 1.95. The highest BCUT2D eigenvalue weighted by Gasteiger charge is 2.14. The van der Waals surface area contributed by atoms with Crippen LogP contribution >= 0.6 is 0 Å². The van der Waals surface area contributed by atoms with Crippen molar-refractivity contribution in [2.45, 2.75) is 26.4 Å². The summed E-state index contributed by atoms with van der Waals surface area (Å²) >= 11 is 0. The molecule has 0 fully saturated rings. The first-order valence-electron chi connectivity index (χ1n) is 6.36. The van der Waals surface area contributed by atoms with Crippen LogP contribution in [0, 0.1) is 0 Å². The van der Waals surface area contributed by atoms with Gasteiger partial charge in [-0.3, -0.25) is 13.9 Å². The number of aromatic nitrogens is 4. The van der Waals surface area contributed by atoms with Gasteiger partial charge in [-0.1, -0.05) is 6.92 Å². The molecule has 0 bridgehead atoms. The normalized spacial score (nSPS) is 10.7. The van der Waals surface area contributed by atoms with E-state index in [0.29, 0.717) is 13.1 Å². The average Bonchev–Trinajstić information content (AvgIpc) is 2.94. The highest BCUT2D eigenvalue weighted by Crippen LogP contribution is 2.12. The fraction of sp³-hybridized carbons (Fsp3) is 0.417. The molecule has 0 radical (unpaired) electrons. The van der Waals surface area contributed by atoms with E-state index in [1.54, 1.807) is 12.5 Å². The summed E-state index contributed by atoms with van der Waals surface area (Å²) in [5, 5.41) is 2.96. The van der Waals surface area contributed by atoms with Crippen LogP contribution in [0.2, 0.25) is 0 Å². The van der Waals surface area contributed by atoms with Crippen molar-refractivity contribution in [3.05, 3.63) is 39.1 Å². The number of H-pyrrole nitrogens is 1. The van der Waals surface area contributed by atoms with Crippen molar-refractivity contribution < 1.29 is 0 Å². The molecule has 2 heterocycles. The monoisotopic (exact) mass is 278 g/mol. The van der Waals surface area contributed by atoms with Gasteiger partial charge in [0.15, 0.2) is 0 Å². The molecule has 0 unspecified atom stereocenters. The van der Waals surface area contributed by atoms with E-state index in [9.17, 15) is 9.59 Å². The molecule has 8 nitrogen and oxygen atoms in total. The number of hydrogen-bond acceptors (Lipinski definition) is 5. The Kier molecular flexibility index (Phi) is 3.92. The van der Waals surface area contributed by atoms with E-state index in [1.165, 1.54) is 11.6 Å². The van der Waals surface area contributed by atoms with Gasteiger partial charge in [0.05, 0.1) is 18.6 Å². The summed E-state index contributed by atoms with van der Waals surface area (Å²) in [5.74, 6) is 0.166. The first-order chi connectivity index (χ1) is 9.56. The third kappa shape index (κ3) is 2.44. The van der Waals surface area contributed by atoms with Gasteiger partial charge in [0.1, 0.15) is 11.5 Å². The number of nitrogens with two attached hydrogens (primary N) is 1. The maximum absolute atomic E-state index is 12.1. The van der Waals surface area contributed by atoms with Gasteiger partial charge < -0.3 is 16.0 Å². The predicted octanol–water partition coefficient (Wildman–Crippen LogP) is -0.126. The van der Waals surface area contributed by atoms with Gasteiger partial charge in [-0.25, -0.2) is 9.78 Å². The van der Waals surface area contributed by atoms with Gasteiger partial charge in [-0.2, -0.15) is 0 Å². The average molecular weight is 278 g/mol. The van der Waals surface area contributed by atoms with Gasteiger partial charge in [0, 0.05) is 19.8 Å². The van der Waals surface area contributed by atoms with Crippen LogP contribution in [-0.2, 0) is 20.1 Å². The maximum atomic E-state index is 12.1. The molecule has 2 rings (SSSR count). The highest BCUT2D eigenvalue weighted by atomic mass is 16.2. The second kappa shape index (κ2) is 5.64. The molecule has 0 aliphatic carbocycles. The van der Waals surface area contributed by atoms with E-state index in [-0.39, 0.29) is 11.5 Å². The third-order valence-corrected chi connectivity index (χ3v) is 3.04. The number of nitrogens with zero attached hydrogens (tertiary/aromatic N) is 3. The van der Waals surface area contributed by atoms with E-state index in [4.69, 9.17) is 5.73 Å². The number of anilines is 2. The Morgan fingerprint density at radius 3 is 2.80 bits per heavy atom. The summed E-state index contributed by atoms with van der Waals surface area (Å²) in [7, 11) is 1.44. The molecule has 0 aromatic carbocycles. The van der Waals surface area contributed by atoms with Crippen LogP contribution in [0.3, 0.4) is 0 Å². The van der Waals surface area contributed by atoms with Crippen molar-refractivity contribution in [3.8, 4) is 0 Å². The Hall–Kier alpha value is -2.51. The molecule has 4 N–H and O–H groups in total. The zero-order valence-corrected chi connectivity index (χ0v) is 11.5. The lowest BCUT2D eigenvalue weighted by Gasteiger charge is -2.15. The zero-order valence-electron chi connectivity index (χ0n) is 11.5. The fourth-order valence-electron chi connectivity index (χ4n) is 1.95. The first-order valence-corrected chi connectivity index (χ1v) is 6.36. The van der Waals surface area contributed by atoms with Gasteiger partial charge >= 0.3 is 5.69 Å². The van der Waals surface area contributed by atoms with Crippen LogP contribution < -0.4 is 22.3 Å². The SMILES string of the molecule is CCCn1c(N)c(NCc2cnc[nH]2)c(=O)n(C)c1=O. The Morgan fingerprint density at radius 2 is 2.20 bits per heavy atom. The van der Waals surface area contributed by atoms with Gasteiger partial charge in [-0.05, 0) is 6.42 Å². The minimum atomic E-state index is -0.431. The summed E-state index contributed by atoms with van der Waals surface area (Å²) < 4.78 is 2.46. The van der Waals surface area contributed by atoms with Crippen LogP contribution in [-0.4, -0.2) is 19.1 Å². The molecule has 2 aromatic heterocycles. The van der Waals surface area contributed by atoms with E-state index in [2.05, 4.69) is 15.3 Å². The molecule has 0 saturated heterocycles. The van der Waals surface area contributed by atoms with Crippen molar-refractivity contribution >= 4 is 11.5 Å². The summed E-state index contributed by atoms with van der Waals surface area (Å²) in [4.78, 5) is 30.9. The van der Waals surface area contributed by atoms with Crippen molar-refractivity contribution in [3.63, 3.8) is 0 Å². The molecule has 2 aromatic rings. The number of aromatic amines is 1. The molecule has 0 aliphatic rings. The molecule has 0 saturated carbocycles. The van der Waals surface area contributed by atoms with Crippen molar-refractivity contribution in [2.75, 3.05) is 11.1 Å². The number of nitrogens with one attached hydrogen (secondary N) is 2. The van der Waals surface area contributed by atoms with Crippen LogP contribution in [0.1, 0.15) is 19.0 Å². The van der Waals surface area contributed by atoms with Crippen molar-refractivity contribution in [1.29, 1.82) is 0 Å². The summed E-state index contributed by atoms with van der Waals surface area (Å²) in [6, 6.07) is 0. The van der Waals surface area contributed by atoms with E-state index in [1.807, 2.05) is 6.92 Å². The molecule has 8 heteroatoms. The lowest BCUT2D eigenvalue weighted by Crippen LogP contribution is -2.40. The molecule has 20 heavy (non-hydrogen) atoms. The van der Waals surface area contributed by atoms with E-state index in [0.717, 1.165) is 16.7 Å². The molecule has 0 aliphatic heterocycles. The minimum absolute atomic E-state index is 0.166. The van der Waals surface area contributed by atoms with E-state index < -0.39 is 11.2 Å². The molecular weight excluding hydrogens is 260 g/mol. The summed E-state index contributed by atoms with van der Waals surface area (Å²) in [5.41, 5.74) is 6.16. The minimum Gasteiger partial charge on any atom is -0.383 e. The molecule has 0 atom stereocenters. The van der Waals surface area contributed by atoms with Crippen LogP contribution in [0.5, 0.6) is 0 Å².